The Kier molecular flexibility index (Phi) is 3.71. The van der Waals surface area contributed by atoms with Gasteiger partial charge in [-0.1, -0.05) is 6.92 Å². The number of carbonyl (C=O) groups is 1. The molecule has 0 atom stereocenters. The zero-order chi connectivity index (χ0) is 13.0. The molecule has 2 N–H and O–H groups in total. The van der Waals surface area contributed by atoms with Crippen molar-refractivity contribution in [1.82, 2.24) is 19.8 Å². The summed E-state index contributed by atoms with van der Waals surface area (Å²) in [6.45, 7) is 2.57. The molecule has 2 heterocycles. The molecule has 0 unspecified atom stereocenters. The average Bonchev–Trinajstić information content (AvgIpc) is 2.76. The number of hydrogen-bond acceptors (Lipinski definition) is 5. The molecule has 0 radical (unpaired) electrons. The number of nitrogens with zero attached hydrogens (tertiary/aromatic N) is 4. The SMILES string of the molecule is CCc1nnc2ccc(NCCCC(=O)O)nn12. The fraction of sp³-hybridized carbons (Fsp3) is 0.455. The van der Waals surface area contributed by atoms with Crippen LogP contribution >= 0.6 is 0 Å². The van der Waals surface area contributed by atoms with E-state index >= 15 is 0 Å². The molecule has 0 aromatic carbocycles. The first-order valence-electron chi connectivity index (χ1n) is 5.87. The van der Waals surface area contributed by atoms with Gasteiger partial charge in [0.1, 0.15) is 5.82 Å². The zero-order valence-electron chi connectivity index (χ0n) is 10.1. The van der Waals surface area contributed by atoms with Crippen LogP contribution in [0.2, 0.25) is 0 Å². The molecule has 2 aromatic rings. The summed E-state index contributed by atoms with van der Waals surface area (Å²) >= 11 is 0. The highest BCUT2D eigenvalue weighted by molar-refractivity contribution is 5.66. The third-order valence-electron chi connectivity index (χ3n) is 2.52. The minimum atomic E-state index is -0.785. The van der Waals surface area contributed by atoms with Crippen molar-refractivity contribution in [1.29, 1.82) is 0 Å². The van der Waals surface area contributed by atoms with Gasteiger partial charge in [-0.25, -0.2) is 0 Å². The van der Waals surface area contributed by atoms with Crippen LogP contribution in [0.1, 0.15) is 25.6 Å². The van der Waals surface area contributed by atoms with Crippen LogP contribution < -0.4 is 5.32 Å². The molecule has 18 heavy (non-hydrogen) atoms. The molecule has 2 rings (SSSR count). The number of anilines is 1. The van der Waals surface area contributed by atoms with Crippen LogP contribution in [-0.4, -0.2) is 37.4 Å². The standard InChI is InChI=1S/C11H15N5O2/c1-2-9-13-14-10-6-5-8(15-16(9)10)12-7-3-4-11(17)18/h5-6H,2-4,7H2,1H3,(H,12,15)(H,17,18). The number of fused-ring (bicyclic) bond motifs is 1. The Bertz CT molecular complexity index is 551. The van der Waals surface area contributed by atoms with Crippen molar-refractivity contribution in [3.05, 3.63) is 18.0 Å². The lowest BCUT2D eigenvalue weighted by Crippen LogP contribution is -2.08. The van der Waals surface area contributed by atoms with E-state index in [2.05, 4.69) is 20.6 Å². The second-order valence-electron chi connectivity index (χ2n) is 3.88. The molecule has 7 nitrogen and oxygen atoms in total. The summed E-state index contributed by atoms with van der Waals surface area (Å²) in [6.07, 6.45) is 1.48. The predicted octanol–water partition coefficient (Wildman–Crippen LogP) is 0.963. The van der Waals surface area contributed by atoms with Crippen LogP contribution in [-0.2, 0) is 11.2 Å². The summed E-state index contributed by atoms with van der Waals surface area (Å²) in [7, 11) is 0. The molecule has 0 saturated heterocycles. The largest absolute Gasteiger partial charge is 0.481 e. The lowest BCUT2D eigenvalue weighted by molar-refractivity contribution is -0.137. The second kappa shape index (κ2) is 5.44. The van der Waals surface area contributed by atoms with E-state index < -0.39 is 5.97 Å². The number of hydrogen-bond donors (Lipinski definition) is 2. The van der Waals surface area contributed by atoms with Crippen molar-refractivity contribution in [3.8, 4) is 0 Å². The fourth-order valence-corrected chi connectivity index (χ4v) is 1.60. The minimum Gasteiger partial charge on any atom is -0.481 e. The number of aryl methyl sites for hydroxylation is 1. The molecule has 0 aliphatic rings. The van der Waals surface area contributed by atoms with Crippen LogP contribution in [0.25, 0.3) is 5.65 Å². The van der Waals surface area contributed by atoms with Gasteiger partial charge in [0.2, 0.25) is 0 Å². The first-order chi connectivity index (χ1) is 8.70. The van der Waals surface area contributed by atoms with Gasteiger partial charge in [-0.3, -0.25) is 4.79 Å². The lowest BCUT2D eigenvalue weighted by atomic mass is 10.3. The Morgan fingerprint density at radius 1 is 1.44 bits per heavy atom. The molecule has 0 aliphatic carbocycles. The van der Waals surface area contributed by atoms with Crippen LogP contribution in [0.5, 0.6) is 0 Å². The summed E-state index contributed by atoms with van der Waals surface area (Å²) in [5.74, 6) is 0.717. The summed E-state index contributed by atoms with van der Waals surface area (Å²) in [5, 5.41) is 24.0. The van der Waals surface area contributed by atoms with Gasteiger partial charge >= 0.3 is 5.97 Å². The molecular weight excluding hydrogens is 234 g/mol. The molecule has 0 aliphatic heterocycles. The smallest absolute Gasteiger partial charge is 0.303 e. The number of carboxylic acids is 1. The summed E-state index contributed by atoms with van der Waals surface area (Å²) in [6, 6.07) is 3.64. The monoisotopic (exact) mass is 249 g/mol. The highest BCUT2D eigenvalue weighted by Crippen LogP contribution is 2.07. The number of carboxylic acid groups (broad SMARTS) is 1. The van der Waals surface area contributed by atoms with Gasteiger partial charge < -0.3 is 10.4 Å². The van der Waals surface area contributed by atoms with Crippen LogP contribution in [0.3, 0.4) is 0 Å². The molecule has 7 heteroatoms. The maximum absolute atomic E-state index is 10.4. The van der Waals surface area contributed by atoms with Crippen LogP contribution in [0.15, 0.2) is 12.1 Å². The Balaban J connectivity index is 2.02. The molecule has 0 bridgehead atoms. The maximum Gasteiger partial charge on any atom is 0.303 e. The van der Waals surface area contributed by atoms with E-state index in [0.29, 0.717) is 24.4 Å². The van der Waals surface area contributed by atoms with E-state index in [9.17, 15) is 4.79 Å². The summed E-state index contributed by atoms with van der Waals surface area (Å²) in [5.41, 5.74) is 0.711. The Hall–Kier alpha value is -2.18. The van der Waals surface area contributed by atoms with Crippen molar-refractivity contribution >= 4 is 17.4 Å². The van der Waals surface area contributed by atoms with Crippen molar-refractivity contribution in [3.63, 3.8) is 0 Å². The summed E-state index contributed by atoms with van der Waals surface area (Å²) < 4.78 is 1.69. The normalized spacial score (nSPS) is 10.7. The minimum absolute atomic E-state index is 0.155. The number of aromatic nitrogens is 4. The second-order valence-corrected chi connectivity index (χ2v) is 3.88. The molecular formula is C11H15N5O2. The predicted molar refractivity (Wildman–Crippen MR) is 65.5 cm³/mol. The van der Waals surface area contributed by atoms with E-state index in [1.54, 1.807) is 4.52 Å². The molecule has 0 spiro atoms. The van der Waals surface area contributed by atoms with Crippen LogP contribution in [0.4, 0.5) is 5.82 Å². The van der Waals surface area contributed by atoms with Crippen molar-refractivity contribution in [2.75, 3.05) is 11.9 Å². The zero-order valence-corrected chi connectivity index (χ0v) is 10.1. The van der Waals surface area contributed by atoms with Gasteiger partial charge in [0, 0.05) is 19.4 Å². The Morgan fingerprint density at radius 2 is 2.28 bits per heavy atom. The Morgan fingerprint density at radius 3 is 3.00 bits per heavy atom. The Labute approximate surface area is 104 Å². The van der Waals surface area contributed by atoms with Crippen molar-refractivity contribution in [2.24, 2.45) is 0 Å². The maximum atomic E-state index is 10.4. The van der Waals surface area contributed by atoms with Gasteiger partial charge in [0.25, 0.3) is 0 Å². The van der Waals surface area contributed by atoms with Gasteiger partial charge in [0.05, 0.1) is 0 Å². The van der Waals surface area contributed by atoms with E-state index in [0.717, 1.165) is 12.2 Å². The van der Waals surface area contributed by atoms with Crippen molar-refractivity contribution in [2.45, 2.75) is 26.2 Å². The number of rotatable bonds is 6. The third-order valence-corrected chi connectivity index (χ3v) is 2.52. The first kappa shape index (κ1) is 12.3. The number of nitrogens with one attached hydrogen (secondary N) is 1. The average molecular weight is 249 g/mol. The van der Waals surface area contributed by atoms with E-state index in [1.807, 2.05) is 19.1 Å². The fourth-order valence-electron chi connectivity index (χ4n) is 1.60. The molecule has 0 fully saturated rings. The van der Waals surface area contributed by atoms with Gasteiger partial charge in [-0.2, -0.15) is 4.52 Å². The summed E-state index contributed by atoms with van der Waals surface area (Å²) in [4.78, 5) is 10.4. The topological polar surface area (TPSA) is 92.4 Å². The van der Waals surface area contributed by atoms with E-state index in [-0.39, 0.29) is 6.42 Å². The third kappa shape index (κ3) is 2.73. The molecule has 0 saturated carbocycles. The number of aliphatic carboxylic acids is 1. The molecule has 2 aromatic heterocycles. The highest BCUT2D eigenvalue weighted by atomic mass is 16.4. The quantitative estimate of drug-likeness (QED) is 0.741. The molecule has 0 amide bonds. The molecule has 96 valence electrons. The van der Waals surface area contributed by atoms with E-state index in [4.69, 9.17) is 5.11 Å². The van der Waals surface area contributed by atoms with Gasteiger partial charge in [0.15, 0.2) is 11.5 Å². The first-order valence-corrected chi connectivity index (χ1v) is 5.87. The highest BCUT2D eigenvalue weighted by Gasteiger charge is 2.05. The van der Waals surface area contributed by atoms with Crippen molar-refractivity contribution < 1.29 is 9.90 Å². The lowest BCUT2D eigenvalue weighted by Gasteiger charge is -2.04. The van der Waals surface area contributed by atoms with Gasteiger partial charge in [-0.15, -0.1) is 15.3 Å². The van der Waals surface area contributed by atoms with E-state index in [1.165, 1.54) is 0 Å². The van der Waals surface area contributed by atoms with Gasteiger partial charge in [-0.05, 0) is 18.6 Å². The van der Waals surface area contributed by atoms with Crippen LogP contribution in [0, 0.1) is 0 Å².